The summed E-state index contributed by atoms with van der Waals surface area (Å²) < 4.78 is 63.0. The molecule has 0 radical (unpaired) electrons. The quantitative estimate of drug-likeness (QED) is 0.769. The lowest BCUT2D eigenvalue weighted by Gasteiger charge is -2.13. The highest BCUT2D eigenvalue weighted by Crippen LogP contribution is 2.34. The van der Waals surface area contributed by atoms with Crippen LogP contribution in [0.5, 0.6) is 0 Å². The molecule has 126 valence electrons. The first-order valence-electron chi connectivity index (χ1n) is 6.60. The van der Waals surface area contributed by atoms with Crippen LogP contribution < -0.4 is 5.32 Å². The van der Waals surface area contributed by atoms with Crippen LogP contribution in [0.25, 0.3) is 5.65 Å². The Morgan fingerprint density at radius 1 is 1.08 bits per heavy atom. The number of sulfone groups is 1. The third-order valence-electron chi connectivity index (χ3n) is 3.16. The molecule has 11 heteroatoms. The number of aromatic nitrogens is 4. The highest BCUT2D eigenvalue weighted by atomic mass is 32.2. The van der Waals surface area contributed by atoms with Crippen molar-refractivity contribution in [1.82, 2.24) is 19.8 Å². The minimum atomic E-state index is -5.46. The number of para-hydroxylation sites is 1. The fraction of sp³-hybridized carbons (Fsp3) is 0.154. The topological polar surface area (TPSA) is 89.2 Å². The average molecular weight is 357 g/mol. The van der Waals surface area contributed by atoms with E-state index in [4.69, 9.17) is 0 Å². The first-order valence-corrected chi connectivity index (χ1v) is 8.08. The number of rotatable bonds is 4. The molecular weight excluding hydrogens is 347 g/mol. The van der Waals surface area contributed by atoms with Crippen LogP contribution in [0.3, 0.4) is 0 Å². The minimum Gasteiger partial charge on any atom is -0.377 e. The van der Waals surface area contributed by atoms with Gasteiger partial charge in [-0.1, -0.05) is 12.1 Å². The SMILES string of the molecule is O=S(=O)(c1ccccc1NCc1nnc2cccnn12)C(F)(F)F. The first-order chi connectivity index (χ1) is 11.3. The van der Waals surface area contributed by atoms with Crippen molar-refractivity contribution in [2.45, 2.75) is 16.9 Å². The Balaban J connectivity index is 1.92. The van der Waals surface area contributed by atoms with Crippen LogP contribution in [0.4, 0.5) is 18.9 Å². The molecule has 0 amide bonds. The number of hydrogen-bond donors (Lipinski definition) is 1. The number of fused-ring (bicyclic) bond motifs is 1. The Kier molecular flexibility index (Phi) is 3.87. The Labute approximate surface area is 134 Å². The van der Waals surface area contributed by atoms with Gasteiger partial charge in [-0.15, -0.1) is 10.2 Å². The molecular formula is C13H10F3N5O2S. The molecule has 0 fully saturated rings. The maximum Gasteiger partial charge on any atom is 0.501 e. The molecule has 2 aromatic heterocycles. The zero-order chi connectivity index (χ0) is 17.4. The van der Waals surface area contributed by atoms with Crippen LogP contribution >= 0.6 is 0 Å². The van der Waals surface area contributed by atoms with Crippen molar-refractivity contribution >= 4 is 21.2 Å². The summed E-state index contributed by atoms with van der Waals surface area (Å²) in [4.78, 5) is -0.848. The van der Waals surface area contributed by atoms with E-state index in [0.29, 0.717) is 11.5 Å². The molecule has 0 spiro atoms. The Hall–Kier alpha value is -2.69. The van der Waals surface area contributed by atoms with E-state index < -0.39 is 20.2 Å². The van der Waals surface area contributed by atoms with Gasteiger partial charge in [-0.2, -0.15) is 22.8 Å². The maximum absolute atomic E-state index is 12.8. The van der Waals surface area contributed by atoms with Crippen molar-refractivity contribution in [2.75, 3.05) is 5.32 Å². The van der Waals surface area contributed by atoms with Gasteiger partial charge in [0, 0.05) is 6.20 Å². The summed E-state index contributed by atoms with van der Waals surface area (Å²) in [6.45, 7) is -0.0530. The van der Waals surface area contributed by atoms with Gasteiger partial charge in [0.25, 0.3) is 9.84 Å². The summed E-state index contributed by atoms with van der Waals surface area (Å²) in [6, 6.07) is 8.11. The smallest absolute Gasteiger partial charge is 0.377 e. The van der Waals surface area contributed by atoms with Crippen molar-refractivity contribution in [1.29, 1.82) is 0 Å². The van der Waals surface area contributed by atoms with E-state index in [9.17, 15) is 21.6 Å². The third-order valence-corrected chi connectivity index (χ3v) is 4.71. The van der Waals surface area contributed by atoms with Gasteiger partial charge in [0.2, 0.25) is 0 Å². The zero-order valence-electron chi connectivity index (χ0n) is 11.9. The van der Waals surface area contributed by atoms with E-state index in [-0.39, 0.29) is 12.2 Å². The maximum atomic E-state index is 12.8. The molecule has 0 aliphatic rings. The minimum absolute atomic E-state index is 0.0530. The number of alkyl halides is 3. The van der Waals surface area contributed by atoms with Gasteiger partial charge in [-0.25, -0.2) is 8.42 Å². The van der Waals surface area contributed by atoms with Crippen LogP contribution in [-0.4, -0.2) is 33.7 Å². The Morgan fingerprint density at radius 3 is 2.58 bits per heavy atom. The summed E-state index contributed by atoms with van der Waals surface area (Å²) in [5, 5.41) is 14.4. The zero-order valence-corrected chi connectivity index (χ0v) is 12.7. The number of halogens is 3. The molecule has 1 N–H and O–H groups in total. The second-order valence-corrected chi connectivity index (χ2v) is 6.62. The molecule has 0 aliphatic heterocycles. The molecule has 2 heterocycles. The lowest BCUT2D eigenvalue weighted by Crippen LogP contribution is -2.24. The predicted molar refractivity (Wildman–Crippen MR) is 77.8 cm³/mol. The Bertz CT molecular complexity index is 984. The summed E-state index contributed by atoms with van der Waals surface area (Å²) in [5.74, 6) is 0.324. The Morgan fingerprint density at radius 2 is 1.83 bits per heavy atom. The summed E-state index contributed by atoms with van der Waals surface area (Å²) in [5.41, 5.74) is -5.10. The van der Waals surface area contributed by atoms with Crippen molar-refractivity contribution in [3.05, 3.63) is 48.4 Å². The fourth-order valence-electron chi connectivity index (χ4n) is 2.05. The van der Waals surface area contributed by atoms with Crippen LogP contribution in [-0.2, 0) is 16.4 Å². The number of nitrogens with zero attached hydrogens (tertiary/aromatic N) is 4. The van der Waals surface area contributed by atoms with Crippen molar-refractivity contribution in [3.8, 4) is 0 Å². The van der Waals surface area contributed by atoms with E-state index in [1.54, 1.807) is 12.1 Å². The molecule has 24 heavy (non-hydrogen) atoms. The fourth-order valence-corrected chi connectivity index (χ4v) is 2.98. The lowest BCUT2D eigenvalue weighted by molar-refractivity contribution is -0.0435. The van der Waals surface area contributed by atoms with Crippen LogP contribution in [0.2, 0.25) is 0 Å². The van der Waals surface area contributed by atoms with E-state index in [1.165, 1.54) is 28.9 Å². The van der Waals surface area contributed by atoms with E-state index >= 15 is 0 Å². The van der Waals surface area contributed by atoms with Gasteiger partial charge >= 0.3 is 5.51 Å². The van der Waals surface area contributed by atoms with Crippen molar-refractivity contribution in [3.63, 3.8) is 0 Å². The molecule has 3 rings (SSSR count). The number of anilines is 1. The lowest BCUT2D eigenvalue weighted by atomic mass is 10.3. The molecule has 7 nitrogen and oxygen atoms in total. The monoisotopic (exact) mass is 357 g/mol. The second-order valence-electron chi connectivity index (χ2n) is 4.71. The average Bonchev–Trinajstić information content (AvgIpc) is 2.95. The van der Waals surface area contributed by atoms with Gasteiger partial charge in [0.15, 0.2) is 11.5 Å². The van der Waals surface area contributed by atoms with Crippen molar-refractivity contribution < 1.29 is 21.6 Å². The van der Waals surface area contributed by atoms with Crippen LogP contribution in [0, 0.1) is 0 Å². The highest BCUT2D eigenvalue weighted by molar-refractivity contribution is 7.92. The molecule has 0 saturated heterocycles. The summed E-state index contributed by atoms with van der Waals surface area (Å²) >= 11 is 0. The van der Waals surface area contributed by atoms with Crippen LogP contribution in [0.15, 0.2) is 47.5 Å². The number of benzene rings is 1. The van der Waals surface area contributed by atoms with Crippen molar-refractivity contribution in [2.24, 2.45) is 0 Å². The third kappa shape index (κ3) is 2.77. The van der Waals surface area contributed by atoms with Crippen LogP contribution in [0.1, 0.15) is 5.82 Å². The molecule has 1 aromatic carbocycles. The molecule has 3 aromatic rings. The normalized spacial score (nSPS) is 12.5. The molecule has 0 atom stereocenters. The number of nitrogens with one attached hydrogen (secondary N) is 1. The standard InChI is InChI=1S/C13H10F3N5O2S/c14-13(15,16)24(22,23)10-5-2-1-4-9(10)17-8-12-20-19-11-6-3-7-18-21(11)12/h1-7,17H,8H2. The summed E-state index contributed by atoms with van der Waals surface area (Å²) in [7, 11) is -5.46. The molecule has 0 aliphatic carbocycles. The predicted octanol–water partition coefficient (Wildman–Crippen LogP) is 2.03. The largest absolute Gasteiger partial charge is 0.501 e. The highest BCUT2D eigenvalue weighted by Gasteiger charge is 2.47. The summed E-state index contributed by atoms with van der Waals surface area (Å²) in [6.07, 6.45) is 1.50. The molecule has 0 saturated carbocycles. The van der Waals surface area contributed by atoms with Gasteiger partial charge in [0.05, 0.1) is 17.1 Å². The molecule has 0 bridgehead atoms. The van der Waals surface area contributed by atoms with E-state index in [0.717, 1.165) is 6.07 Å². The number of hydrogen-bond acceptors (Lipinski definition) is 6. The van der Waals surface area contributed by atoms with Gasteiger partial charge < -0.3 is 5.32 Å². The van der Waals surface area contributed by atoms with Gasteiger partial charge in [-0.3, -0.25) is 0 Å². The van der Waals surface area contributed by atoms with E-state index in [2.05, 4.69) is 20.6 Å². The van der Waals surface area contributed by atoms with Gasteiger partial charge in [-0.05, 0) is 24.3 Å². The van der Waals surface area contributed by atoms with E-state index in [1.807, 2.05) is 0 Å². The first kappa shape index (κ1) is 16.2. The second kappa shape index (κ2) is 5.74. The molecule has 0 unspecified atom stereocenters. The van der Waals surface area contributed by atoms with Gasteiger partial charge in [0.1, 0.15) is 0 Å².